The number of carbonyl (C=O) groups excluding carboxylic acids is 1. The van der Waals surface area contributed by atoms with Crippen molar-refractivity contribution in [1.82, 2.24) is 25.3 Å². The third-order valence-corrected chi connectivity index (χ3v) is 4.67. The molecule has 1 aliphatic heterocycles. The fourth-order valence-corrected chi connectivity index (χ4v) is 3.23. The summed E-state index contributed by atoms with van der Waals surface area (Å²) >= 11 is 0. The second kappa shape index (κ2) is 7.49. The van der Waals surface area contributed by atoms with E-state index in [9.17, 15) is 4.79 Å². The predicted molar refractivity (Wildman–Crippen MR) is 102 cm³/mol. The van der Waals surface area contributed by atoms with E-state index in [2.05, 4.69) is 30.2 Å². The lowest BCUT2D eigenvalue weighted by Crippen LogP contribution is -2.37. The van der Waals surface area contributed by atoms with Crippen molar-refractivity contribution in [3.8, 4) is 11.3 Å². The summed E-state index contributed by atoms with van der Waals surface area (Å²) in [7, 11) is 0. The minimum atomic E-state index is -0.0632. The Morgan fingerprint density at radius 1 is 1.15 bits per heavy atom. The molecule has 1 amide bonds. The highest BCUT2D eigenvalue weighted by molar-refractivity contribution is 5.95. The van der Waals surface area contributed by atoms with E-state index in [1.54, 1.807) is 37.1 Å². The van der Waals surface area contributed by atoms with E-state index in [0.717, 1.165) is 29.8 Å². The number of hydrogen-bond donors (Lipinski definition) is 1. The van der Waals surface area contributed by atoms with E-state index in [4.69, 9.17) is 0 Å². The molecule has 0 radical (unpaired) electrons. The molecule has 4 heterocycles. The highest BCUT2D eigenvalue weighted by atomic mass is 16.1. The molecule has 27 heavy (non-hydrogen) atoms. The molecule has 0 aliphatic carbocycles. The number of hydrogen-bond acceptors (Lipinski definition) is 6. The summed E-state index contributed by atoms with van der Waals surface area (Å²) in [6, 6.07) is 7.55. The van der Waals surface area contributed by atoms with Crippen molar-refractivity contribution in [2.24, 2.45) is 0 Å². The Bertz CT molecular complexity index is 946. The first-order valence-electron chi connectivity index (χ1n) is 8.90. The fourth-order valence-electron chi connectivity index (χ4n) is 3.23. The minimum absolute atomic E-state index is 0.0632. The lowest BCUT2D eigenvalue weighted by Gasteiger charge is -2.17. The van der Waals surface area contributed by atoms with Gasteiger partial charge in [-0.1, -0.05) is 0 Å². The van der Waals surface area contributed by atoms with Gasteiger partial charge in [0.15, 0.2) is 0 Å². The lowest BCUT2D eigenvalue weighted by atomic mass is 10.1. The molecule has 0 spiro atoms. The van der Waals surface area contributed by atoms with Gasteiger partial charge in [0.1, 0.15) is 0 Å². The zero-order valence-electron chi connectivity index (χ0n) is 15.0. The number of aryl methyl sites for hydroxylation is 1. The maximum Gasteiger partial charge on any atom is 0.251 e. The summed E-state index contributed by atoms with van der Waals surface area (Å²) in [6.07, 6.45) is 9.49. The van der Waals surface area contributed by atoms with Crippen LogP contribution in [0.2, 0.25) is 0 Å². The summed E-state index contributed by atoms with van der Waals surface area (Å²) in [6.45, 7) is 3.38. The van der Waals surface area contributed by atoms with Gasteiger partial charge in [0, 0.05) is 61.2 Å². The fraction of sp³-hybridized carbons (Fsp3) is 0.250. The van der Waals surface area contributed by atoms with Crippen molar-refractivity contribution in [1.29, 1.82) is 0 Å². The van der Waals surface area contributed by atoms with Crippen LogP contribution in [0.25, 0.3) is 11.3 Å². The van der Waals surface area contributed by atoms with E-state index < -0.39 is 0 Å². The average molecular weight is 360 g/mol. The number of nitrogens with one attached hydrogen (secondary N) is 1. The number of pyridine rings is 2. The Balaban J connectivity index is 1.44. The number of aromatic nitrogens is 4. The smallest absolute Gasteiger partial charge is 0.251 e. The van der Waals surface area contributed by atoms with Gasteiger partial charge in [-0.15, -0.1) is 0 Å². The Morgan fingerprint density at radius 3 is 2.85 bits per heavy atom. The number of anilines is 1. The second-order valence-electron chi connectivity index (χ2n) is 6.58. The number of carbonyl (C=O) groups is 1. The normalized spacial score (nSPS) is 16.3. The van der Waals surface area contributed by atoms with Gasteiger partial charge in [-0.3, -0.25) is 14.8 Å². The summed E-state index contributed by atoms with van der Waals surface area (Å²) < 4.78 is 0. The summed E-state index contributed by atoms with van der Waals surface area (Å²) in [5.74, 6) is 0.611. The zero-order valence-corrected chi connectivity index (χ0v) is 15.0. The molecule has 1 N–H and O–H groups in total. The Labute approximate surface area is 157 Å². The van der Waals surface area contributed by atoms with Gasteiger partial charge in [-0.2, -0.15) is 0 Å². The molecule has 1 atom stereocenters. The van der Waals surface area contributed by atoms with Crippen molar-refractivity contribution in [3.63, 3.8) is 0 Å². The molecule has 1 fully saturated rings. The van der Waals surface area contributed by atoms with Crippen LogP contribution >= 0.6 is 0 Å². The standard InChI is InChI=1S/C20H20N6O/c1-14-11-22-8-4-17(14)19(27)24-16-6-10-26(13-16)20-23-9-5-18(25-20)15-3-2-7-21-12-15/h2-5,7-9,11-12,16H,6,10,13H2,1H3,(H,24,27). The number of amides is 1. The summed E-state index contributed by atoms with van der Waals surface area (Å²) in [5.41, 5.74) is 3.34. The van der Waals surface area contributed by atoms with Crippen molar-refractivity contribution in [3.05, 3.63) is 66.4 Å². The monoisotopic (exact) mass is 360 g/mol. The molecular weight excluding hydrogens is 340 g/mol. The van der Waals surface area contributed by atoms with Crippen LogP contribution in [0.3, 0.4) is 0 Å². The van der Waals surface area contributed by atoms with Crippen LogP contribution < -0.4 is 10.2 Å². The van der Waals surface area contributed by atoms with Gasteiger partial charge in [0.25, 0.3) is 5.91 Å². The number of rotatable bonds is 4. The Hall–Kier alpha value is -3.35. The first-order valence-corrected chi connectivity index (χ1v) is 8.90. The molecule has 1 saturated heterocycles. The highest BCUT2D eigenvalue weighted by Crippen LogP contribution is 2.21. The highest BCUT2D eigenvalue weighted by Gasteiger charge is 2.26. The first-order chi connectivity index (χ1) is 13.2. The molecule has 3 aromatic rings. The molecule has 1 aliphatic rings. The number of nitrogens with zero attached hydrogens (tertiary/aromatic N) is 5. The molecule has 136 valence electrons. The maximum atomic E-state index is 12.5. The Kier molecular flexibility index (Phi) is 4.74. The van der Waals surface area contributed by atoms with Crippen LogP contribution in [0.5, 0.6) is 0 Å². The largest absolute Gasteiger partial charge is 0.347 e. The predicted octanol–water partition coefficient (Wildman–Crippen LogP) is 2.25. The Morgan fingerprint density at radius 2 is 2.04 bits per heavy atom. The van der Waals surface area contributed by atoms with Gasteiger partial charge in [0.05, 0.1) is 5.69 Å². The van der Waals surface area contributed by atoms with E-state index in [-0.39, 0.29) is 11.9 Å². The molecule has 0 saturated carbocycles. The molecule has 0 aromatic carbocycles. The van der Waals surface area contributed by atoms with E-state index in [0.29, 0.717) is 18.1 Å². The van der Waals surface area contributed by atoms with Crippen LogP contribution in [0.1, 0.15) is 22.3 Å². The summed E-state index contributed by atoms with van der Waals surface area (Å²) in [5, 5.41) is 3.11. The SMILES string of the molecule is Cc1cnccc1C(=O)NC1CCN(c2nccc(-c3cccnc3)n2)C1. The van der Waals surface area contributed by atoms with Crippen LogP contribution in [0, 0.1) is 6.92 Å². The third-order valence-electron chi connectivity index (χ3n) is 4.67. The van der Waals surface area contributed by atoms with E-state index in [1.807, 2.05) is 25.1 Å². The second-order valence-corrected chi connectivity index (χ2v) is 6.58. The van der Waals surface area contributed by atoms with Gasteiger partial charge in [0.2, 0.25) is 5.95 Å². The van der Waals surface area contributed by atoms with Crippen molar-refractivity contribution >= 4 is 11.9 Å². The average Bonchev–Trinajstić information content (AvgIpc) is 3.17. The molecule has 4 rings (SSSR count). The molecule has 0 bridgehead atoms. The van der Waals surface area contributed by atoms with Crippen molar-refractivity contribution in [2.75, 3.05) is 18.0 Å². The van der Waals surface area contributed by atoms with Crippen LogP contribution in [-0.4, -0.2) is 45.0 Å². The van der Waals surface area contributed by atoms with Gasteiger partial charge in [-0.05, 0) is 43.2 Å². The topological polar surface area (TPSA) is 83.9 Å². The molecule has 3 aromatic heterocycles. The minimum Gasteiger partial charge on any atom is -0.347 e. The van der Waals surface area contributed by atoms with Crippen molar-refractivity contribution < 1.29 is 4.79 Å². The zero-order chi connectivity index (χ0) is 18.6. The van der Waals surface area contributed by atoms with E-state index >= 15 is 0 Å². The lowest BCUT2D eigenvalue weighted by molar-refractivity contribution is 0.0939. The maximum absolute atomic E-state index is 12.5. The molecular formula is C20H20N6O. The van der Waals surface area contributed by atoms with Crippen LogP contribution in [-0.2, 0) is 0 Å². The molecule has 1 unspecified atom stereocenters. The van der Waals surface area contributed by atoms with Crippen molar-refractivity contribution in [2.45, 2.75) is 19.4 Å². The van der Waals surface area contributed by atoms with E-state index in [1.165, 1.54) is 0 Å². The molecule has 7 heteroatoms. The van der Waals surface area contributed by atoms with Gasteiger partial charge < -0.3 is 10.2 Å². The van der Waals surface area contributed by atoms with Gasteiger partial charge in [-0.25, -0.2) is 9.97 Å². The quantitative estimate of drug-likeness (QED) is 0.768. The van der Waals surface area contributed by atoms with Gasteiger partial charge >= 0.3 is 0 Å². The third kappa shape index (κ3) is 3.76. The van der Waals surface area contributed by atoms with Crippen LogP contribution in [0.4, 0.5) is 5.95 Å². The first kappa shape index (κ1) is 17.1. The summed E-state index contributed by atoms with van der Waals surface area (Å²) in [4.78, 5) is 31.9. The van der Waals surface area contributed by atoms with Crippen LogP contribution in [0.15, 0.2) is 55.2 Å². The molecule has 7 nitrogen and oxygen atoms in total.